The molecule has 3 aromatic carbocycles. The van der Waals surface area contributed by atoms with Crippen LogP contribution in [0.15, 0.2) is 77.9 Å². The zero-order chi connectivity index (χ0) is 19.1. The van der Waals surface area contributed by atoms with Gasteiger partial charge in [-0.05, 0) is 53.6 Å². The van der Waals surface area contributed by atoms with Crippen molar-refractivity contribution in [2.24, 2.45) is 5.10 Å². The number of hydrogen-bond acceptors (Lipinski definition) is 4. The van der Waals surface area contributed by atoms with Crippen LogP contribution in [-0.4, -0.2) is 12.1 Å². The topological polar surface area (TPSA) is 76.7 Å². The molecule has 6 heteroatoms. The molecule has 0 unspecified atom stereocenters. The van der Waals surface area contributed by atoms with E-state index in [4.69, 9.17) is 22.1 Å². The summed E-state index contributed by atoms with van der Waals surface area (Å²) in [6.45, 7) is 0.436. The van der Waals surface area contributed by atoms with Crippen molar-refractivity contribution in [1.29, 1.82) is 0 Å². The van der Waals surface area contributed by atoms with Gasteiger partial charge in [-0.25, -0.2) is 5.43 Å². The molecule has 0 aliphatic rings. The monoisotopic (exact) mass is 379 g/mol. The van der Waals surface area contributed by atoms with Gasteiger partial charge in [-0.2, -0.15) is 5.10 Å². The maximum Gasteiger partial charge on any atom is 0.271 e. The summed E-state index contributed by atoms with van der Waals surface area (Å²) in [6, 6.07) is 21.7. The number of nitrogens with one attached hydrogen (secondary N) is 1. The first kappa shape index (κ1) is 18.5. The summed E-state index contributed by atoms with van der Waals surface area (Å²) in [5.41, 5.74) is 10.9. The second kappa shape index (κ2) is 8.87. The van der Waals surface area contributed by atoms with Gasteiger partial charge in [0.1, 0.15) is 12.4 Å². The number of hydrogen-bond donors (Lipinski definition) is 2. The van der Waals surface area contributed by atoms with E-state index in [-0.39, 0.29) is 5.91 Å². The molecule has 136 valence electrons. The molecule has 3 N–H and O–H groups in total. The fourth-order valence-electron chi connectivity index (χ4n) is 2.31. The van der Waals surface area contributed by atoms with Gasteiger partial charge in [0.25, 0.3) is 5.91 Å². The average Bonchev–Trinajstić information content (AvgIpc) is 2.68. The lowest BCUT2D eigenvalue weighted by molar-refractivity contribution is 0.0955. The van der Waals surface area contributed by atoms with Crippen LogP contribution < -0.4 is 15.9 Å². The number of carbonyl (C=O) groups excluding carboxylic acids is 1. The van der Waals surface area contributed by atoms with Crippen molar-refractivity contribution in [3.05, 3.63) is 94.5 Å². The Morgan fingerprint density at radius 3 is 2.52 bits per heavy atom. The van der Waals surface area contributed by atoms with Crippen LogP contribution in [0.1, 0.15) is 21.5 Å². The van der Waals surface area contributed by atoms with Crippen LogP contribution in [0.4, 0.5) is 5.69 Å². The third-order valence-corrected chi connectivity index (χ3v) is 4.04. The Labute approximate surface area is 162 Å². The molecule has 3 aromatic rings. The first-order valence-corrected chi connectivity index (χ1v) is 8.65. The highest BCUT2D eigenvalue weighted by molar-refractivity contribution is 6.32. The highest BCUT2D eigenvalue weighted by Gasteiger charge is 2.05. The Bertz CT molecular complexity index is 941. The third kappa shape index (κ3) is 5.33. The lowest BCUT2D eigenvalue weighted by Gasteiger charge is -2.08. The Morgan fingerprint density at radius 1 is 1.07 bits per heavy atom. The molecule has 0 aromatic heterocycles. The van der Waals surface area contributed by atoms with Gasteiger partial charge in [0.15, 0.2) is 0 Å². The number of amides is 1. The Morgan fingerprint density at radius 2 is 1.81 bits per heavy atom. The number of nitrogens with zero attached hydrogens (tertiary/aromatic N) is 1. The Hall–Kier alpha value is -3.31. The van der Waals surface area contributed by atoms with E-state index in [0.717, 1.165) is 11.1 Å². The first-order valence-electron chi connectivity index (χ1n) is 8.27. The van der Waals surface area contributed by atoms with Crippen molar-refractivity contribution in [1.82, 2.24) is 5.43 Å². The van der Waals surface area contributed by atoms with Crippen molar-refractivity contribution in [3.8, 4) is 5.75 Å². The van der Waals surface area contributed by atoms with Gasteiger partial charge in [-0.1, -0.05) is 41.9 Å². The molecular weight excluding hydrogens is 362 g/mol. The number of benzene rings is 3. The number of nitrogens with two attached hydrogens (primary N) is 1. The lowest BCUT2D eigenvalue weighted by Crippen LogP contribution is -2.17. The second-order valence-electron chi connectivity index (χ2n) is 5.79. The van der Waals surface area contributed by atoms with Crippen LogP contribution >= 0.6 is 11.6 Å². The highest BCUT2D eigenvalue weighted by Crippen LogP contribution is 2.25. The molecular formula is C21H18ClN3O2. The van der Waals surface area contributed by atoms with E-state index in [1.165, 1.54) is 6.21 Å². The van der Waals surface area contributed by atoms with Crippen LogP contribution in [0.5, 0.6) is 5.75 Å². The summed E-state index contributed by atoms with van der Waals surface area (Å²) in [5.74, 6) is 0.267. The fourth-order valence-corrected chi connectivity index (χ4v) is 2.56. The summed E-state index contributed by atoms with van der Waals surface area (Å²) in [6.07, 6.45) is 1.52. The van der Waals surface area contributed by atoms with Crippen LogP contribution in [0, 0.1) is 0 Å². The Kier molecular flexibility index (Phi) is 6.07. The number of anilines is 1. The second-order valence-corrected chi connectivity index (χ2v) is 6.19. The van der Waals surface area contributed by atoms with Crippen molar-refractivity contribution in [3.63, 3.8) is 0 Å². The van der Waals surface area contributed by atoms with E-state index in [0.29, 0.717) is 28.6 Å². The molecule has 27 heavy (non-hydrogen) atoms. The van der Waals surface area contributed by atoms with E-state index in [2.05, 4.69) is 10.5 Å². The molecule has 0 heterocycles. The molecule has 0 aliphatic carbocycles. The van der Waals surface area contributed by atoms with Crippen molar-refractivity contribution in [2.75, 3.05) is 5.73 Å². The zero-order valence-corrected chi connectivity index (χ0v) is 15.2. The Balaban J connectivity index is 1.57. The minimum absolute atomic E-state index is 0.319. The van der Waals surface area contributed by atoms with Gasteiger partial charge >= 0.3 is 0 Å². The normalized spacial score (nSPS) is 10.7. The molecule has 3 rings (SSSR count). The van der Waals surface area contributed by atoms with E-state index < -0.39 is 0 Å². The number of nitrogen functional groups attached to an aromatic ring is 1. The average molecular weight is 380 g/mol. The van der Waals surface area contributed by atoms with Gasteiger partial charge < -0.3 is 10.5 Å². The van der Waals surface area contributed by atoms with Crippen molar-refractivity contribution in [2.45, 2.75) is 6.61 Å². The summed E-state index contributed by atoms with van der Waals surface area (Å²) < 4.78 is 5.73. The summed E-state index contributed by atoms with van der Waals surface area (Å²) in [4.78, 5) is 12.0. The summed E-state index contributed by atoms with van der Waals surface area (Å²) in [7, 11) is 0. The van der Waals surface area contributed by atoms with Gasteiger partial charge in [0.05, 0.1) is 11.2 Å². The maximum absolute atomic E-state index is 12.0. The van der Waals surface area contributed by atoms with Gasteiger partial charge in [-0.15, -0.1) is 0 Å². The minimum Gasteiger partial charge on any atom is -0.487 e. The minimum atomic E-state index is -0.319. The molecule has 0 radical (unpaired) electrons. The number of halogens is 1. The van der Waals surface area contributed by atoms with Gasteiger partial charge in [-0.3, -0.25) is 4.79 Å². The number of hydrazone groups is 1. The largest absolute Gasteiger partial charge is 0.487 e. The van der Waals surface area contributed by atoms with E-state index in [1.807, 2.05) is 36.4 Å². The number of ether oxygens (including phenoxy) is 1. The molecule has 0 saturated carbocycles. The number of rotatable bonds is 6. The van der Waals surface area contributed by atoms with E-state index in [9.17, 15) is 4.79 Å². The summed E-state index contributed by atoms with van der Waals surface area (Å²) in [5, 5.41) is 4.42. The molecule has 5 nitrogen and oxygen atoms in total. The predicted molar refractivity (Wildman–Crippen MR) is 108 cm³/mol. The fraction of sp³-hybridized carbons (Fsp3) is 0.0476. The van der Waals surface area contributed by atoms with Crippen LogP contribution in [0.3, 0.4) is 0 Å². The molecule has 0 spiro atoms. The molecule has 0 atom stereocenters. The SMILES string of the molecule is Nc1ccc(C(=O)N/N=C\c2ccc(OCc3ccccc3)c(Cl)c2)cc1. The van der Waals surface area contributed by atoms with Gasteiger partial charge in [0, 0.05) is 11.3 Å². The smallest absolute Gasteiger partial charge is 0.271 e. The predicted octanol–water partition coefficient (Wildman–Crippen LogP) is 4.27. The quantitative estimate of drug-likeness (QED) is 0.381. The van der Waals surface area contributed by atoms with E-state index in [1.54, 1.807) is 36.4 Å². The molecule has 0 fully saturated rings. The first-order chi connectivity index (χ1) is 13.1. The van der Waals surface area contributed by atoms with Gasteiger partial charge in [0.2, 0.25) is 0 Å². The lowest BCUT2D eigenvalue weighted by atomic mass is 10.2. The van der Waals surface area contributed by atoms with Crippen molar-refractivity contribution >= 4 is 29.4 Å². The van der Waals surface area contributed by atoms with E-state index >= 15 is 0 Å². The van der Waals surface area contributed by atoms with Crippen LogP contribution in [0.2, 0.25) is 5.02 Å². The standard InChI is InChI=1S/C21H18ClN3O2/c22-19-12-16(6-11-20(19)27-14-15-4-2-1-3-5-15)13-24-25-21(26)17-7-9-18(23)10-8-17/h1-13H,14,23H2,(H,25,26)/b24-13-. The third-order valence-electron chi connectivity index (χ3n) is 3.75. The van der Waals surface area contributed by atoms with Crippen LogP contribution in [0.25, 0.3) is 0 Å². The number of carbonyl (C=O) groups is 1. The van der Waals surface area contributed by atoms with Crippen molar-refractivity contribution < 1.29 is 9.53 Å². The maximum atomic E-state index is 12.0. The molecule has 0 bridgehead atoms. The summed E-state index contributed by atoms with van der Waals surface area (Å²) >= 11 is 6.26. The van der Waals surface area contributed by atoms with Crippen LogP contribution in [-0.2, 0) is 6.61 Å². The zero-order valence-electron chi connectivity index (χ0n) is 14.4. The molecule has 0 aliphatic heterocycles. The molecule has 1 amide bonds. The highest BCUT2D eigenvalue weighted by atomic mass is 35.5. The molecule has 0 saturated heterocycles.